The van der Waals surface area contributed by atoms with E-state index in [0.29, 0.717) is 6.07 Å². The van der Waals surface area contributed by atoms with Crippen molar-refractivity contribution in [3.8, 4) is 0 Å². The first-order valence-electron chi connectivity index (χ1n) is 10.2. The van der Waals surface area contributed by atoms with Crippen LogP contribution in [0.2, 0.25) is 5.02 Å². The number of rotatable bonds is 7. The molecule has 0 aliphatic heterocycles. The summed E-state index contributed by atoms with van der Waals surface area (Å²) in [5, 5.41) is 8.91. The van der Waals surface area contributed by atoms with Gasteiger partial charge in [0.15, 0.2) is 11.5 Å². The summed E-state index contributed by atoms with van der Waals surface area (Å²) >= 11 is 17.6. The van der Waals surface area contributed by atoms with Crippen molar-refractivity contribution in [3.63, 3.8) is 0 Å². The molecule has 0 radical (unpaired) electrons. The van der Waals surface area contributed by atoms with Crippen LogP contribution >= 0.6 is 34.8 Å². The van der Waals surface area contributed by atoms with Crippen LogP contribution in [0.3, 0.4) is 0 Å². The fourth-order valence-electron chi connectivity index (χ4n) is 2.91. The predicted octanol–water partition coefficient (Wildman–Crippen LogP) is 6.65. The normalized spacial score (nSPS) is 11.7. The van der Waals surface area contributed by atoms with Gasteiger partial charge in [-0.1, -0.05) is 16.8 Å². The van der Waals surface area contributed by atoms with E-state index in [9.17, 15) is 36.3 Å². The molecule has 3 aromatic rings. The summed E-state index contributed by atoms with van der Waals surface area (Å²) in [6.07, 6.45) is -5.19. The van der Waals surface area contributed by atoms with Crippen molar-refractivity contribution in [2.75, 3.05) is 16.0 Å². The Bertz CT molecular complexity index is 1410. The summed E-state index contributed by atoms with van der Waals surface area (Å²) < 4.78 is 70.1. The van der Waals surface area contributed by atoms with E-state index in [0.717, 1.165) is 6.07 Å². The molecule has 3 rings (SSSR count). The van der Waals surface area contributed by atoms with Crippen LogP contribution < -0.4 is 16.0 Å². The van der Waals surface area contributed by atoms with Gasteiger partial charge in [0.1, 0.15) is 15.8 Å². The third-order valence-electron chi connectivity index (χ3n) is 4.57. The van der Waals surface area contributed by atoms with E-state index < -0.39 is 62.7 Å². The second-order valence-corrected chi connectivity index (χ2v) is 10.0. The molecule has 8 nitrogen and oxygen atoms in total. The molecule has 0 bridgehead atoms. The third-order valence-corrected chi connectivity index (χ3v) is 5.16. The summed E-state index contributed by atoms with van der Waals surface area (Å²) in [5.74, 6) is -6.75. The van der Waals surface area contributed by atoms with Crippen LogP contribution in [0.5, 0.6) is 0 Å². The monoisotopic (exact) mass is 598 g/mol. The smallest absolute Gasteiger partial charge is 0.350 e. The standard InChI is InChI=1S/C22H14Cl3F5N4O4/c1-21(24,25)8-16(35)31-9-2-3-11(23)10(6-9)19(36)32-13-5-4-12(26)18(17(13)27)33-20(37)14-7-15(34-38-14)22(28,29)30/h2-7H,8H2,1H3,(H,31,35)(H,32,36)(H,33,37). The van der Waals surface area contributed by atoms with Gasteiger partial charge in [-0.2, -0.15) is 13.2 Å². The van der Waals surface area contributed by atoms with Crippen molar-refractivity contribution in [1.29, 1.82) is 0 Å². The minimum Gasteiger partial charge on any atom is -0.350 e. The number of aromatic nitrogens is 1. The van der Waals surface area contributed by atoms with Crippen LogP contribution in [-0.2, 0) is 11.0 Å². The van der Waals surface area contributed by atoms with Gasteiger partial charge < -0.3 is 20.5 Å². The Balaban J connectivity index is 1.80. The molecule has 1 heterocycles. The minimum absolute atomic E-state index is 0.0955. The van der Waals surface area contributed by atoms with E-state index in [1.54, 1.807) is 5.32 Å². The largest absolute Gasteiger partial charge is 0.436 e. The molecule has 16 heteroatoms. The van der Waals surface area contributed by atoms with Crippen LogP contribution in [0, 0.1) is 11.6 Å². The lowest BCUT2D eigenvalue weighted by Gasteiger charge is -2.14. The zero-order valence-corrected chi connectivity index (χ0v) is 21.0. The molecule has 0 saturated carbocycles. The van der Waals surface area contributed by atoms with Gasteiger partial charge in [-0.3, -0.25) is 14.4 Å². The number of halogens is 8. The molecule has 202 valence electrons. The Morgan fingerprint density at radius 3 is 2.26 bits per heavy atom. The number of nitrogens with one attached hydrogen (secondary N) is 3. The highest BCUT2D eigenvalue weighted by atomic mass is 35.5. The topological polar surface area (TPSA) is 113 Å². The maximum absolute atomic E-state index is 15.0. The van der Waals surface area contributed by atoms with Crippen LogP contribution in [0.25, 0.3) is 0 Å². The van der Waals surface area contributed by atoms with Crippen LogP contribution in [-0.4, -0.2) is 27.2 Å². The average molecular weight is 600 g/mol. The number of anilines is 3. The summed E-state index contributed by atoms with van der Waals surface area (Å²) in [6, 6.07) is 5.56. The molecule has 0 fully saturated rings. The fourth-order valence-corrected chi connectivity index (χ4v) is 3.35. The van der Waals surface area contributed by atoms with Gasteiger partial charge in [0.05, 0.1) is 22.7 Å². The van der Waals surface area contributed by atoms with E-state index in [1.165, 1.54) is 25.1 Å². The molecular weight excluding hydrogens is 586 g/mol. The number of nitrogens with zero attached hydrogens (tertiary/aromatic N) is 1. The molecule has 0 aliphatic rings. The van der Waals surface area contributed by atoms with E-state index in [4.69, 9.17) is 34.8 Å². The lowest BCUT2D eigenvalue weighted by atomic mass is 10.1. The highest BCUT2D eigenvalue weighted by molar-refractivity contribution is 6.49. The highest BCUT2D eigenvalue weighted by Crippen LogP contribution is 2.31. The maximum Gasteiger partial charge on any atom is 0.436 e. The first-order chi connectivity index (χ1) is 17.5. The zero-order valence-electron chi connectivity index (χ0n) is 18.8. The Morgan fingerprint density at radius 1 is 0.974 bits per heavy atom. The molecule has 3 N–H and O–H groups in total. The highest BCUT2D eigenvalue weighted by Gasteiger charge is 2.36. The van der Waals surface area contributed by atoms with E-state index >= 15 is 0 Å². The quantitative estimate of drug-likeness (QED) is 0.208. The van der Waals surface area contributed by atoms with Crippen molar-refractivity contribution >= 4 is 69.6 Å². The fraction of sp³-hybridized carbons (Fsp3) is 0.182. The third kappa shape index (κ3) is 7.33. The molecule has 2 aromatic carbocycles. The molecule has 1 aromatic heterocycles. The first kappa shape index (κ1) is 29.1. The maximum atomic E-state index is 15.0. The number of carbonyl (C=O) groups is 3. The zero-order chi connectivity index (χ0) is 28.4. The van der Waals surface area contributed by atoms with Crippen molar-refractivity contribution < 1.29 is 40.9 Å². The van der Waals surface area contributed by atoms with Crippen LogP contribution in [0.15, 0.2) is 40.9 Å². The summed E-state index contributed by atoms with van der Waals surface area (Å²) in [6.45, 7) is 1.40. The van der Waals surface area contributed by atoms with Crippen molar-refractivity contribution in [2.24, 2.45) is 0 Å². The van der Waals surface area contributed by atoms with Crippen molar-refractivity contribution in [1.82, 2.24) is 5.16 Å². The van der Waals surface area contributed by atoms with Crippen molar-refractivity contribution in [2.45, 2.75) is 23.9 Å². The molecule has 38 heavy (non-hydrogen) atoms. The van der Waals surface area contributed by atoms with Gasteiger partial charge in [-0.15, -0.1) is 23.2 Å². The summed E-state index contributed by atoms with van der Waals surface area (Å²) in [5.41, 5.74) is -3.33. The van der Waals surface area contributed by atoms with Gasteiger partial charge in [-0.05, 0) is 37.3 Å². The molecule has 0 aliphatic carbocycles. The average Bonchev–Trinajstić information content (AvgIpc) is 3.29. The van der Waals surface area contributed by atoms with Crippen LogP contribution in [0.1, 0.15) is 40.0 Å². The van der Waals surface area contributed by atoms with E-state index in [1.807, 2.05) is 0 Å². The number of hydrogen-bond donors (Lipinski definition) is 3. The van der Waals surface area contributed by atoms with Crippen molar-refractivity contribution in [3.05, 3.63) is 70.1 Å². The van der Waals surface area contributed by atoms with Gasteiger partial charge in [0, 0.05) is 11.8 Å². The van der Waals surface area contributed by atoms with Gasteiger partial charge in [0.25, 0.3) is 11.8 Å². The number of amides is 3. The summed E-state index contributed by atoms with van der Waals surface area (Å²) in [4.78, 5) is 37.0. The summed E-state index contributed by atoms with van der Waals surface area (Å²) in [7, 11) is 0. The van der Waals surface area contributed by atoms with Gasteiger partial charge >= 0.3 is 6.18 Å². The van der Waals surface area contributed by atoms with E-state index in [-0.39, 0.29) is 28.8 Å². The Kier molecular flexibility index (Phi) is 8.54. The Morgan fingerprint density at radius 2 is 1.66 bits per heavy atom. The lowest BCUT2D eigenvalue weighted by molar-refractivity contribution is -0.142. The SMILES string of the molecule is CC(Cl)(Cl)CC(=O)Nc1ccc(Cl)c(C(=O)Nc2ccc(F)c(NC(=O)c3cc(C(F)(F)F)no3)c2F)c1. The second-order valence-electron chi connectivity index (χ2n) is 7.76. The Hall–Kier alpha value is -3.42. The first-order valence-corrected chi connectivity index (χ1v) is 11.3. The predicted molar refractivity (Wildman–Crippen MR) is 129 cm³/mol. The lowest BCUT2D eigenvalue weighted by Crippen LogP contribution is -2.21. The molecule has 0 atom stereocenters. The number of hydrogen-bond acceptors (Lipinski definition) is 5. The van der Waals surface area contributed by atoms with Crippen LogP contribution in [0.4, 0.5) is 39.0 Å². The van der Waals surface area contributed by atoms with Gasteiger partial charge in [-0.25, -0.2) is 8.78 Å². The minimum atomic E-state index is -4.92. The van der Waals surface area contributed by atoms with Gasteiger partial charge in [0.2, 0.25) is 11.7 Å². The molecule has 0 spiro atoms. The number of benzene rings is 2. The van der Waals surface area contributed by atoms with E-state index in [2.05, 4.69) is 20.3 Å². The second kappa shape index (κ2) is 11.1. The number of alkyl halides is 5. The Labute approximate surface area is 225 Å². The molecule has 0 unspecified atom stereocenters. The number of carbonyl (C=O) groups excluding carboxylic acids is 3. The molecular formula is C22H14Cl3F5N4O4. The molecule has 3 amide bonds. The molecule has 0 saturated heterocycles.